The lowest BCUT2D eigenvalue weighted by molar-refractivity contribution is -0.759. The van der Waals surface area contributed by atoms with Crippen molar-refractivity contribution in [1.29, 1.82) is 0 Å². The highest BCUT2D eigenvalue weighted by atomic mass is 32.2. The van der Waals surface area contributed by atoms with Gasteiger partial charge in [0.1, 0.15) is 0 Å². The van der Waals surface area contributed by atoms with Crippen molar-refractivity contribution in [2.75, 3.05) is 5.32 Å². The van der Waals surface area contributed by atoms with Gasteiger partial charge in [0.15, 0.2) is 0 Å². The summed E-state index contributed by atoms with van der Waals surface area (Å²) in [5.41, 5.74) is 4.23. The number of anilines is 1. The lowest BCUT2D eigenvalue weighted by Gasteiger charge is -2.22. The zero-order chi connectivity index (χ0) is 19.6. The Labute approximate surface area is 171 Å². The Balaban J connectivity index is 1.60. The Morgan fingerprint density at radius 2 is 1.83 bits per heavy atom. The van der Waals surface area contributed by atoms with Gasteiger partial charge in [-0.3, -0.25) is 14.8 Å². The fraction of sp³-hybridized carbons (Fsp3) is 0.0909. The molecule has 1 aliphatic heterocycles. The Kier molecular flexibility index (Phi) is 4.57. The van der Waals surface area contributed by atoms with Crippen molar-refractivity contribution < 1.29 is 4.68 Å². The molecule has 0 saturated heterocycles. The van der Waals surface area contributed by atoms with E-state index in [4.69, 9.17) is 5.10 Å². The molecule has 0 spiro atoms. The summed E-state index contributed by atoms with van der Waals surface area (Å²) in [6.45, 7) is 0. The summed E-state index contributed by atoms with van der Waals surface area (Å²) in [5, 5.41) is 8.86. The van der Waals surface area contributed by atoms with Gasteiger partial charge in [-0.25, -0.2) is 0 Å². The fourth-order valence-electron chi connectivity index (χ4n) is 3.44. The van der Waals surface area contributed by atoms with Crippen LogP contribution in [0.5, 0.6) is 0 Å². The molecule has 0 saturated carbocycles. The van der Waals surface area contributed by atoms with Crippen molar-refractivity contribution in [2.24, 2.45) is 0 Å². The van der Waals surface area contributed by atoms with Gasteiger partial charge in [0.25, 0.3) is 6.17 Å². The lowest BCUT2D eigenvalue weighted by Crippen LogP contribution is -2.55. The summed E-state index contributed by atoms with van der Waals surface area (Å²) in [5.74, 6) is 0.727. The van der Waals surface area contributed by atoms with Crippen LogP contribution in [0.2, 0.25) is 0 Å². The van der Waals surface area contributed by atoms with Crippen molar-refractivity contribution in [2.45, 2.75) is 17.1 Å². The molecule has 29 heavy (non-hydrogen) atoms. The Morgan fingerprint density at radius 3 is 2.66 bits per heavy atom. The predicted octanol–water partition coefficient (Wildman–Crippen LogP) is 3.38. The van der Waals surface area contributed by atoms with E-state index in [2.05, 4.69) is 27.4 Å². The molecule has 1 atom stereocenters. The van der Waals surface area contributed by atoms with Gasteiger partial charge >= 0.3 is 11.3 Å². The molecule has 0 aliphatic carbocycles. The number of aromatic amines is 1. The topological polar surface area (TPSA) is 74.6 Å². The van der Waals surface area contributed by atoms with Gasteiger partial charge in [0.05, 0.1) is 16.8 Å². The van der Waals surface area contributed by atoms with Crippen LogP contribution in [0.4, 0.5) is 5.69 Å². The summed E-state index contributed by atoms with van der Waals surface area (Å²) >= 11 is 1.51. The van der Waals surface area contributed by atoms with E-state index in [1.54, 1.807) is 17.1 Å². The van der Waals surface area contributed by atoms with Crippen LogP contribution >= 0.6 is 11.8 Å². The second-order valence-electron chi connectivity index (χ2n) is 6.71. The third kappa shape index (κ3) is 3.40. The first-order valence-corrected chi connectivity index (χ1v) is 10.3. The van der Waals surface area contributed by atoms with Crippen LogP contribution < -0.4 is 15.6 Å². The van der Waals surface area contributed by atoms with Gasteiger partial charge in [-0.15, -0.1) is 0 Å². The smallest absolute Gasteiger partial charge is 0.321 e. The van der Waals surface area contributed by atoms with Crippen molar-refractivity contribution >= 4 is 17.4 Å². The second kappa shape index (κ2) is 7.52. The predicted molar refractivity (Wildman–Crippen MR) is 112 cm³/mol. The number of hydrogen-bond donors (Lipinski definition) is 2. The molecule has 2 N–H and O–H groups in total. The summed E-state index contributed by atoms with van der Waals surface area (Å²) < 4.78 is 1.77. The van der Waals surface area contributed by atoms with Crippen LogP contribution in [0.25, 0.3) is 11.3 Å². The maximum Gasteiger partial charge on any atom is 0.325 e. The standard InChI is InChI=1S/C22H17N5OS/c28-21-19-17-10-4-5-11-18(17)24-20(16-9-6-12-23-13-16)27(19)26-22(25-21)29-14-15-7-2-1-3-8-15/h1-13,20H,14H2,(H,25,26,28)/p+1/t20-/m1/s1. The number of H-pyrrole nitrogens is 1. The minimum absolute atomic E-state index is 0.154. The number of para-hydroxylation sites is 1. The highest BCUT2D eigenvalue weighted by Gasteiger charge is 2.37. The average molecular weight is 400 g/mol. The Morgan fingerprint density at radius 1 is 1.00 bits per heavy atom. The van der Waals surface area contributed by atoms with Gasteiger partial charge in [-0.05, 0) is 34.5 Å². The van der Waals surface area contributed by atoms with E-state index in [0.717, 1.165) is 22.6 Å². The third-order valence-corrected chi connectivity index (χ3v) is 5.74. The molecule has 0 bridgehead atoms. The first kappa shape index (κ1) is 17.6. The summed E-state index contributed by atoms with van der Waals surface area (Å²) in [6.07, 6.45) is 3.22. The maximum absolute atomic E-state index is 13.1. The van der Waals surface area contributed by atoms with Crippen LogP contribution in [0.1, 0.15) is 17.3 Å². The summed E-state index contributed by atoms with van der Waals surface area (Å²) in [6, 6.07) is 21.8. The molecule has 0 radical (unpaired) electrons. The number of pyridine rings is 1. The molecule has 7 heteroatoms. The highest BCUT2D eigenvalue weighted by molar-refractivity contribution is 7.98. The Bertz CT molecular complexity index is 1210. The number of hydrogen-bond acceptors (Lipinski definition) is 5. The number of rotatable bonds is 4. The SMILES string of the molecule is O=c1[nH]c(SCc2ccccc2)n[n+]2c1-c1ccccc1N[C@H]2c1cccnc1. The molecule has 5 rings (SSSR count). The summed E-state index contributed by atoms with van der Waals surface area (Å²) in [4.78, 5) is 20.3. The molecule has 2 aromatic heterocycles. The van der Waals surface area contributed by atoms with Gasteiger partial charge in [-0.1, -0.05) is 54.2 Å². The molecule has 0 amide bonds. The number of nitrogens with zero attached hydrogens (tertiary/aromatic N) is 3. The maximum atomic E-state index is 13.1. The van der Waals surface area contributed by atoms with Crippen molar-refractivity contribution in [3.05, 3.63) is 101 Å². The van der Waals surface area contributed by atoms with E-state index >= 15 is 0 Å². The lowest BCUT2D eigenvalue weighted by atomic mass is 10.0. The normalized spacial score (nSPS) is 14.6. The third-order valence-electron chi connectivity index (χ3n) is 4.80. The number of aromatic nitrogens is 4. The zero-order valence-corrected chi connectivity index (χ0v) is 16.3. The molecule has 0 unspecified atom stereocenters. The van der Waals surface area contributed by atoms with Gasteiger partial charge in [0, 0.05) is 23.2 Å². The van der Waals surface area contributed by atoms with Crippen molar-refractivity contribution in [1.82, 2.24) is 15.1 Å². The first-order valence-electron chi connectivity index (χ1n) is 9.28. The minimum atomic E-state index is -0.313. The van der Waals surface area contributed by atoms with Crippen molar-refractivity contribution in [3.8, 4) is 11.3 Å². The molecular formula is C22H18N5OS+. The van der Waals surface area contributed by atoms with Crippen LogP contribution in [-0.4, -0.2) is 15.1 Å². The van der Waals surface area contributed by atoms with E-state index in [1.807, 2.05) is 54.6 Å². The molecular weight excluding hydrogens is 382 g/mol. The monoisotopic (exact) mass is 400 g/mol. The van der Waals surface area contributed by atoms with Crippen LogP contribution in [-0.2, 0) is 5.75 Å². The number of nitrogens with one attached hydrogen (secondary N) is 2. The first-order chi connectivity index (χ1) is 14.3. The van der Waals surface area contributed by atoms with Crippen LogP contribution in [0.3, 0.4) is 0 Å². The van der Waals surface area contributed by atoms with Crippen LogP contribution in [0, 0.1) is 0 Å². The molecule has 0 fully saturated rings. The fourth-order valence-corrected chi connectivity index (χ4v) is 4.25. The zero-order valence-electron chi connectivity index (χ0n) is 15.4. The van der Waals surface area contributed by atoms with E-state index in [-0.39, 0.29) is 11.7 Å². The summed E-state index contributed by atoms with van der Waals surface area (Å²) in [7, 11) is 0. The molecule has 2 aromatic carbocycles. The number of fused-ring (bicyclic) bond motifs is 3. The average Bonchev–Trinajstić information content (AvgIpc) is 2.78. The van der Waals surface area contributed by atoms with Gasteiger partial charge in [0.2, 0.25) is 5.16 Å². The second-order valence-corrected chi connectivity index (χ2v) is 7.67. The van der Waals surface area contributed by atoms with E-state index in [9.17, 15) is 4.79 Å². The molecule has 3 heterocycles. The Hall–Kier alpha value is -3.45. The van der Waals surface area contributed by atoms with Gasteiger partial charge < -0.3 is 5.32 Å². The van der Waals surface area contributed by atoms with E-state index in [0.29, 0.717) is 10.9 Å². The largest absolute Gasteiger partial charge is 0.325 e. The molecule has 4 aromatic rings. The number of benzene rings is 2. The van der Waals surface area contributed by atoms with E-state index < -0.39 is 0 Å². The van der Waals surface area contributed by atoms with Gasteiger partial charge in [-0.2, -0.15) is 0 Å². The quantitative estimate of drug-likeness (QED) is 0.406. The number of thioether (sulfide) groups is 1. The molecule has 6 nitrogen and oxygen atoms in total. The van der Waals surface area contributed by atoms with Crippen LogP contribution in [0.15, 0.2) is 89.1 Å². The highest BCUT2D eigenvalue weighted by Crippen LogP contribution is 2.31. The molecule has 142 valence electrons. The van der Waals surface area contributed by atoms with E-state index in [1.165, 1.54) is 17.3 Å². The molecule has 1 aliphatic rings. The minimum Gasteiger partial charge on any atom is -0.321 e. The van der Waals surface area contributed by atoms with Crippen molar-refractivity contribution in [3.63, 3.8) is 0 Å².